The van der Waals surface area contributed by atoms with E-state index in [0.717, 1.165) is 25.9 Å². The van der Waals surface area contributed by atoms with E-state index >= 15 is 0 Å². The lowest BCUT2D eigenvalue weighted by Crippen LogP contribution is -2.46. The summed E-state index contributed by atoms with van der Waals surface area (Å²) in [6.45, 7) is 2.67. The molecule has 2 aliphatic rings. The van der Waals surface area contributed by atoms with Gasteiger partial charge in [0.15, 0.2) is 0 Å². The Kier molecular flexibility index (Phi) is 7.60. The molecule has 0 saturated carbocycles. The van der Waals surface area contributed by atoms with Gasteiger partial charge >= 0.3 is 0 Å². The molecule has 3 amide bonds. The molecule has 0 aliphatic carbocycles. The van der Waals surface area contributed by atoms with Crippen LogP contribution in [0.15, 0.2) is 58.8 Å². The molecule has 174 valence electrons. The van der Waals surface area contributed by atoms with E-state index in [9.17, 15) is 14.4 Å². The highest BCUT2D eigenvalue weighted by atomic mass is 16.3. The molecule has 4 rings (SSSR count). The smallest absolute Gasteiger partial charge is 0.270 e. The summed E-state index contributed by atoms with van der Waals surface area (Å²) in [6.07, 6.45) is 8.89. The third-order valence-electron chi connectivity index (χ3n) is 6.39. The standard InChI is InChI=1S/C26H31N3O4/c30-24(20-9-4-3-5-10-20)27-23(19-22-11-8-18-33-22)26(32)29-16-12-21(13-17-29)25(31)28-14-6-1-2-7-15-28/h3-5,8-11,18-19,21H,1-2,6-7,12-17H2,(H,27,30). The van der Waals surface area contributed by atoms with Crippen molar-refractivity contribution in [3.05, 3.63) is 65.7 Å². The minimum Gasteiger partial charge on any atom is -0.465 e. The molecule has 7 heteroatoms. The third-order valence-corrected chi connectivity index (χ3v) is 6.39. The monoisotopic (exact) mass is 449 g/mol. The molecule has 0 bridgehead atoms. The van der Waals surface area contributed by atoms with Crippen LogP contribution in [0, 0.1) is 5.92 Å². The predicted molar refractivity (Wildman–Crippen MR) is 125 cm³/mol. The molecule has 1 N–H and O–H groups in total. The maximum atomic E-state index is 13.3. The van der Waals surface area contributed by atoms with Crippen LogP contribution in [0.2, 0.25) is 0 Å². The molecule has 0 spiro atoms. The van der Waals surface area contributed by atoms with E-state index in [1.165, 1.54) is 19.1 Å². The Hall–Kier alpha value is -3.35. The van der Waals surface area contributed by atoms with Gasteiger partial charge < -0.3 is 19.5 Å². The molecule has 2 aromatic rings. The number of piperidine rings is 1. The molecule has 3 heterocycles. The summed E-state index contributed by atoms with van der Waals surface area (Å²) in [7, 11) is 0. The van der Waals surface area contributed by atoms with Crippen molar-refractivity contribution in [3.8, 4) is 0 Å². The Balaban J connectivity index is 1.41. The molecule has 33 heavy (non-hydrogen) atoms. The van der Waals surface area contributed by atoms with Gasteiger partial charge in [-0.05, 0) is 49.9 Å². The van der Waals surface area contributed by atoms with Crippen molar-refractivity contribution in [1.29, 1.82) is 0 Å². The van der Waals surface area contributed by atoms with E-state index in [1.807, 2.05) is 11.0 Å². The number of amides is 3. The number of nitrogens with zero attached hydrogens (tertiary/aromatic N) is 2. The third kappa shape index (κ3) is 5.92. The number of nitrogens with one attached hydrogen (secondary N) is 1. The molecule has 1 aromatic carbocycles. The van der Waals surface area contributed by atoms with E-state index in [2.05, 4.69) is 5.32 Å². The van der Waals surface area contributed by atoms with Crippen molar-refractivity contribution in [2.45, 2.75) is 38.5 Å². The Morgan fingerprint density at radius 2 is 1.55 bits per heavy atom. The second-order valence-electron chi connectivity index (χ2n) is 8.70. The molecular formula is C26H31N3O4. The maximum absolute atomic E-state index is 13.3. The van der Waals surface area contributed by atoms with Gasteiger partial charge in [-0.2, -0.15) is 0 Å². The first kappa shape index (κ1) is 22.8. The lowest BCUT2D eigenvalue weighted by atomic mass is 9.95. The Morgan fingerprint density at radius 1 is 0.848 bits per heavy atom. The van der Waals surface area contributed by atoms with E-state index in [-0.39, 0.29) is 29.3 Å². The van der Waals surface area contributed by atoms with Crippen LogP contribution in [-0.2, 0) is 9.59 Å². The number of rotatable bonds is 5. The quantitative estimate of drug-likeness (QED) is 0.706. The van der Waals surface area contributed by atoms with Crippen LogP contribution in [0.1, 0.15) is 54.6 Å². The Bertz CT molecular complexity index is 968. The molecule has 0 unspecified atom stereocenters. The topological polar surface area (TPSA) is 82.9 Å². The first-order valence-electron chi connectivity index (χ1n) is 11.8. The largest absolute Gasteiger partial charge is 0.465 e. The van der Waals surface area contributed by atoms with Crippen LogP contribution in [-0.4, -0.2) is 53.7 Å². The van der Waals surface area contributed by atoms with Gasteiger partial charge in [-0.25, -0.2) is 0 Å². The first-order chi connectivity index (χ1) is 16.1. The zero-order chi connectivity index (χ0) is 23.0. The van der Waals surface area contributed by atoms with Crippen molar-refractivity contribution in [2.24, 2.45) is 5.92 Å². The fraction of sp³-hybridized carbons (Fsp3) is 0.423. The molecule has 1 aromatic heterocycles. The number of hydrogen-bond donors (Lipinski definition) is 1. The molecule has 2 fully saturated rings. The normalized spacial score (nSPS) is 18.0. The average Bonchev–Trinajstić information content (AvgIpc) is 3.22. The predicted octanol–water partition coefficient (Wildman–Crippen LogP) is 3.69. The van der Waals surface area contributed by atoms with Crippen molar-refractivity contribution in [1.82, 2.24) is 15.1 Å². The number of carbonyl (C=O) groups is 3. The zero-order valence-electron chi connectivity index (χ0n) is 18.9. The summed E-state index contributed by atoms with van der Waals surface area (Å²) in [5.74, 6) is 0.0542. The number of hydrogen-bond acceptors (Lipinski definition) is 4. The van der Waals surface area contributed by atoms with E-state index in [1.54, 1.807) is 47.4 Å². The van der Waals surface area contributed by atoms with Crippen molar-refractivity contribution < 1.29 is 18.8 Å². The minimum atomic E-state index is -0.354. The number of likely N-dealkylation sites (tertiary alicyclic amines) is 2. The highest BCUT2D eigenvalue weighted by Gasteiger charge is 2.31. The number of furan rings is 1. The molecular weight excluding hydrogens is 418 g/mol. The summed E-state index contributed by atoms with van der Waals surface area (Å²) in [4.78, 5) is 42.7. The van der Waals surface area contributed by atoms with Crippen LogP contribution in [0.25, 0.3) is 6.08 Å². The molecule has 0 radical (unpaired) electrons. The van der Waals surface area contributed by atoms with Gasteiger partial charge in [0.25, 0.3) is 11.8 Å². The molecule has 7 nitrogen and oxygen atoms in total. The van der Waals surface area contributed by atoms with E-state index in [0.29, 0.717) is 37.3 Å². The van der Waals surface area contributed by atoms with Crippen molar-refractivity contribution in [3.63, 3.8) is 0 Å². The van der Waals surface area contributed by atoms with Gasteiger partial charge in [0.2, 0.25) is 5.91 Å². The number of carbonyl (C=O) groups excluding carboxylic acids is 3. The summed E-state index contributed by atoms with van der Waals surface area (Å²) < 4.78 is 5.37. The highest BCUT2D eigenvalue weighted by Crippen LogP contribution is 2.23. The summed E-state index contributed by atoms with van der Waals surface area (Å²) in [6, 6.07) is 12.2. The van der Waals surface area contributed by atoms with Crippen LogP contribution in [0.3, 0.4) is 0 Å². The molecule has 2 aliphatic heterocycles. The first-order valence-corrected chi connectivity index (χ1v) is 11.8. The number of benzene rings is 1. The molecule has 2 saturated heterocycles. The minimum absolute atomic E-state index is 0.0384. The summed E-state index contributed by atoms with van der Waals surface area (Å²) >= 11 is 0. The fourth-order valence-corrected chi connectivity index (χ4v) is 4.50. The van der Waals surface area contributed by atoms with Gasteiger partial charge in [-0.15, -0.1) is 0 Å². The van der Waals surface area contributed by atoms with Crippen LogP contribution in [0.4, 0.5) is 0 Å². The Labute approximate surface area is 194 Å². The highest BCUT2D eigenvalue weighted by molar-refractivity contribution is 6.05. The second-order valence-corrected chi connectivity index (χ2v) is 8.70. The Morgan fingerprint density at radius 3 is 2.18 bits per heavy atom. The maximum Gasteiger partial charge on any atom is 0.270 e. The van der Waals surface area contributed by atoms with Crippen LogP contribution in [0.5, 0.6) is 0 Å². The zero-order valence-corrected chi connectivity index (χ0v) is 18.9. The summed E-state index contributed by atoms with van der Waals surface area (Å²) in [5.41, 5.74) is 0.633. The SMILES string of the molecule is O=C(NC(=Cc1ccco1)C(=O)N1CCC(C(=O)N2CCCCCC2)CC1)c1ccccc1. The lowest BCUT2D eigenvalue weighted by Gasteiger charge is -2.34. The average molecular weight is 450 g/mol. The van der Waals surface area contributed by atoms with E-state index < -0.39 is 0 Å². The van der Waals surface area contributed by atoms with Crippen molar-refractivity contribution >= 4 is 23.8 Å². The lowest BCUT2D eigenvalue weighted by molar-refractivity contribution is -0.139. The van der Waals surface area contributed by atoms with Crippen LogP contribution >= 0.6 is 0 Å². The van der Waals surface area contributed by atoms with Crippen molar-refractivity contribution in [2.75, 3.05) is 26.2 Å². The van der Waals surface area contributed by atoms with Gasteiger partial charge in [0, 0.05) is 43.7 Å². The van der Waals surface area contributed by atoms with Gasteiger partial charge in [0.1, 0.15) is 11.5 Å². The van der Waals surface area contributed by atoms with E-state index in [4.69, 9.17) is 4.42 Å². The molecule has 0 atom stereocenters. The van der Waals surface area contributed by atoms with Gasteiger partial charge in [-0.3, -0.25) is 14.4 Å². The summed E-state index contributed by atoms with van der Waals surface area (Å²) in [5, 5.41) is 2.76. The second kappa shape index (κ2) is 11.0. The fourth-order valence-electron chi connectivity index (χ4n) is 4.50. The van der Waals surface area contributed by atoms with Gasteiger partial charge in [0.05, 0.1) is 6.26 Å². The van der Waals surface area contributed by atoms with Gasteiger partial charge in [-0.1, -0.05) is 31.0 Å². The van der Waals surface area contributed by atoms with Crippen LogP contribution < -0.4 is 5.32 Å².